The van der Waals surface area contributed by atoms with Gasteiger partial charge < -0.3 is 10.1 Å². The van der Waals surface area contributed by atoms with E-state index in [-0.39, 0.29) is 11.0 Å². The molecule has 2 N–H and O–H groups in total. The zero-order chi connectivity index (χ0) is 12.3. The minimum atomic E-state index is -0.905. The second-order valence-corrected chi connectivity index (χ2v) is 3.99. The lowest BCUT2D eigenvalue weighted by Gasteiger charge is -2.30. The highest BCUT2D eigenvalue weighted by Crippen LogP contribution is 2.24. The van der Waals surface area contributed by atoms with Crippen molar-refractivity contribution in [1.82, 2.24) is 10.6 Å². The molecule has 0 fully saturated rings. The molecule has 4 nitrogen and oxygen atoms in total. The van der Waals surface area contributed by atoms with Crippen LogP contribution in [0.5, 0.6) is 0 Å². The molecule has 0 saturated heterocycles. The first-order valence-electron chi connectivity index (χ1n) is 5.09. The highest BCUT2D eigenvalue weighted by molar-refractivity contribution is 7.80. The first-order valence-corrected chi connectivity index (χ1v) is 5.50. The summed E-state index contributed by atoms with van der Waals surface area (Å²) in [4.78, 5) is 11.3. The third-order valence-electron chi connectivity index (χ3n) is 2.53. The maximum atomic E-state index is 11.3. The molecule has 2 rings (SSSR count). The molecular formula is C12H12N2O2S. The van der Waals surface area contributed by atoms with Crippen molar-refractivity contribution in [3.05, 3.63) is 48.0 Å². The average Bonchev–Trinajstić information content (AvgIpc) is 2.49. The van der Waals surface area contributed by atoms with Crippen molar-refractivity contribution < 1.29 is 9.53 Å². The van der Waals surface area contributed by atoms with Gasteiger partial charge in [-0.1, -0.05) is 30.3 Å². The molecule has 17 heavy (non-hydrogen) atoms. The van der Waals surface area contributed by atoms with Crippen LogP contribution in [0, 0.1) is 0 Å². The van der Waals surface area contributed by atoms with Crippen LogP contribution in [0.2, 0.25) is 0 Å². The van der Waals surface area contributed by atoms with Gasteiger partial charge >= 0.3 is 0 Å². The van der Waals surface area contributed by atoms with Crippen molar-refractivity contribution >= 4 is 23.2 Å². The van der Waals surface area contributed by atoms with E-state index in [9.17, 15) is 4.79 Å². The summed E-state index contributed by atoms with van der Waals surface area (Å²) in [7, 11) is 1.56. The fourth-order valence-corrected chi connectivity index (χ4v) is 1.93. The highest BCUT2D eigenvalue weighted by atomic mass is 32.1. The van der Waals surface area contributed by atoms with Crippen molar-refractivity contribution in [2.75, 3.05) is 7.11 Å². The highest BCUT2D eigenvalue weighted by Gasteiger charge is 2.32. The number of rotatable bonds is 2. The molecule has 1 heterocycles. The zero-order valence-corrected chi connectivity index (χ0v) is 10.1. The number of hydrogen-bond acceptors (Lipinski definition) is 3. The maximum absolute atomic E-state index is 11.3. The molecule has 1 aromatic rings. The van der Waals surface area contributed by atoms with Crippen LogP contribution >= 0.6 is 12.2 Å². The van der Waals surface area contributed by atoms with E-state index in [1.165, 1.54) is 6.08 Å². The molecule has 0 radical (unpaired) electrons. The van der Waals surface area contributed by atoms with Gasteiger partial charge in [-0.3, -0.25) is 10.1 Å². The van der Waals surface area contributed by atoms with E-state index < -0.39 is 5.72 Å². The van der Waals surface area contributed by atoms with Crippen LogP contribution in [-0.4, -0.2) is 18.1 Å². The van der Waals surface area contributed by atoms with Crippen molar-refractivity contribution in [2.24, 2.45) is 0 Å². The largest absolute Gasteiger partial charge is 0.351 e. The number of benzene rings is 1. The molecule has 1 aliphatic rings. The minimum Gasteiger partial charge on any atom is -0.351 e. The van der Waals surface area contributed by atoms with Gasteiger partial charge in [0.2, 0.25) is 5.91 Å². The van der Waals surface area contributed by atoms with Gasteiger partial charge in [0, 0.05) is 18.7 Å². The van der Waals surface area contributed by atoms with Gasteiger partial charge in [-0.2, -0.15) is 0 Å². The Bertz CT molecular complexity index is 473. The first kappa shape index (κ1) is 11.8. The predicted octanol–water partition coefficient (Wildman–Crippen LogP) is 1.05. The number of methoxy groups -OCH3 is 1. The zero-order valence-electron chi connectivity index (χ0n) is 9.27. The predicted molar refractivity (Wildman–Crippen MR) is 68.1 cm³/mol. The van der Waals surface area contributed by atoms with Gasteiger partial charge in [-0.05, 0) is 18.3 Å². The van der Waals surface area contributed by atoms with E-state index in [0.29, 0.717) is 0 Å². The lowest BCUT2D eigenvalue weighted by molar-refractivity contribution is -0.115. The Morgan fingerprint density at radius 2 is 2.00 bits per heavy atom. The number of hydrogen-bond donors (Lipinski definition) is 2. The van der Waals surface area contributed by atoms with Crippen molar-refractivity contribution in [2.45, 2.75) is 5.72 Å². The van der Waals surface area contributed by atoms with E-state index in [1.807, 2.05) is 30.3 Å². The normalized spacial score (nSPS) is 23.8. The number of ether oxygens (including phenoxy) is 1. The van der Waals surface area contributed by atoms with Gasteiger partial charge in [0.25, 0.3) is 0 Å². The van der Waals surface area contributed by atoms with Crippen molar-refractivity contribution in [1.29, 1.82) is 0 Å². The molecule has 1 aliphatic heterocycles. The molecule has 1 aromatic carbocycles. The number of nitrogens with one attached hydrogen (secondary N) is 2. The monoisotopic (exact) mass is 248 g/mol. The summed E-state index contributed by atoms with van der Waals surface area (Å²) in [6.07, 6.45) is 3.06. The molecule has 0 aromatic heterocycles. The molecule has 1 atom stereocenters. The fourth-order valence-electron chi connectivity index (χ4n) is 1.68. The van der Waals surface area contributed by atoms with Crippen molar-refractivity contribution in [3.63, 3.8) is 0 Å². The summed E-state index contributed by atoms with van der Waals surface area (Å²) in [5.74, 6) is -0.266. The molecule has 0 spiro atoms. The van der Waals surface area contributed by atoms with E-state index in [1.54, 1.807) is 13.2 Å². The Morgan fingerprint density at radius 3 is 2.65 bits per heavy atom. The Morgan fingerprint density at radius 1 is 1.29 bits per heavy atom. The van der Waals surface area contributed by atoms with Crippen LogP contribution in [0.25, 0.3) is 0 Å². The van der Waals surface area contributed by atoms with Crippen LogP contribution < -0.4 is 10.6 Å². The van der Waals surface area contributed by atoms with Gasteiger partial charge in [0.1, 0.15) is 0 Å². The Balaban J connectivity index is 2.46. The van der Waals surface area contributed by atoms with Crippen LogP contribution in [0.1, 0.15) is 5.56 Å². The Kier molecular flexibility index (Phi) is 3.21. The molecule has 0 saturated carbocycles. The number of carbonyl (C=O) groups is 1. The molecule has 88 valence electrons. The van der Waals surface area contributed by atoms with Gasteiger partial charge in [-0.15, -0.1) is 0 Å². The first-order chi connectivity index (χ1) is 8.16. The summed E-state index contributed by atoms with van der Waals surface area (Å²) in [5, 5.41) is 5.74. The molecule has 0 aliphatic carbocycles. The van der Waals surface area contributed by atoms with Gasteiger partial charge in [0.05, 0.1) is 0 Å². The van der Waals surface area contributed by atoms with E-state index >= 15 is 0 Å². The fraction of sp³-hybridized carbons (Fsp3) is 0.167. The lowest BCUT2D eigenvalue weighted by Crippen LogP contribution is -2.48. The maximum Gasteiger partial charge on any atom is 0.249 e. The van der Waals surface area contributed by atoms with E-state index in [4.69, 9.17) is 17.0 Å². The third kappa shape index (κ3) is 2.35. The summed E-state index contributed by atoms with van der Waals surface area (Å²) in [5.41, 5.74) is -0.0325. The number of amides is 1. The Hall–Kier alpha value is -1.72. The van der Waals surface area contributed by atoms with Gasteiger partial charge in [-0.25, -0.2) is 0 Å². The smallest absolute Gasteiger partial charge is 0.249 e. The van der Waals surface area contributed by atoms with Gasteiger partial charge in [0.15, 0.2) is 10.8 Å². The van der Waals surface area contributed by atoms with E-state index in [0.717, 1.165) is 5.56 Å². The SMILES string of the molecule is COC1(c2ccccc2)C=CC(=O)NC(=S)N1. The summed E-state index contributed by atoms with van der Waals surface area (Å²) in [6, 6.07) is 9.51. The number of thiocarbonyl (C=S) groups is 1. The Labute approximate surface area is 105 Å². The topological polar surface area (TPSA) is 50.4 Å². The standard InChI is InChI=1S/C12H12N2O2S/c1-16-12(9-5-3-2-4-6-9)8-7-10(15)13-11(17)14-12/h2-8H,1H3,(H2,13,14,15,17). The molecular weight excluding hydrogens is 236 g/mol. The summed E-state index contributed by atoms with van der Waals surface area (Å²) >= 11 is 5.02. The molecule has 0 bridgehead atoms. The molecule has 1 amide bonds. The van der Waals surface area contributed by atoms with Crippen LogP contribution in [0.15, 0.2) is 42.5 Å². The second-order valence-electron chi connectivity index (χ2n) is 3.58. The van der Waals surface area contributed by atoms with E-state index in [2.05, 4.69) is 10.6 Å². The quantitative estimate of drug-likeness (QED) is 0.768. The van der Waals surface area contributed by atoms with Crippen molar-refractivity contribution in [3.8, 4) is 0 Å². The van der Waals surface area contributed by atoms with Crippen LogP contribution in [0.3, 0.4) is 0 Å². The molecule has 5 heteroatoms. The number of carbonyl (C=O) groups excluding carboxylic acids is 1. The van der Waals surface area contributed by atoms with Crippen LogP contribution in [-0.2, 0) is 15.3 Å². The third-order valence-corrected chi connectivity index (χ3v) is 2.73. The second kappa shape index (κ2) is 4.65. The lowest BCUT2D eigenvalue weighted by atomic mass is 10.0. The average molecular weight is 248 g/mol. The minimum absolute atomic E-state index is 0.241. The molecule has 1 unspecified atom stereocenters. The summed E-state index contributed by atoms with van der Waals surface area (Å²) < 4.78 is 5.49. The van der Waals surface area contributed by atoms with Crippen LogP contribution in [0.4, 0.5) is 0 Å². The summed E-state index contributed by atoms with van der Waals surface area (Å²) in [6.45, 7) is 0.